The Kier molecular flexibility index (Phi) is 14.5. The summed E-state index contributed by atoms with van der Waals surface area (Å²) in [4.78, 5) is 6.87. The smallest absolute Gasteiger partial charge is 0.190 e. The second-order valence-electron chi connectivity index (χ2n) is 6.57. The summed E-state index contributed by atoms with van der Waals surface area (Å²) in [7, 11) is 1.85. The lowest BCUT2D eigenvalue weighted by Crippen LogP contribution is -2.38. The minimum absolute atomic E-state index is 0. The van der Waals surface area contributed by atoms with Gasteiger partial charge in [-0.1, -0.05) is 26.7 Å². The molecule has 0 aromatic rings. The predicted molar refractivity (Wildman–Crippen MR) is 108 cm³/mol. The highest BCUT2D eigenvalue weighted by Crippen LogP contribution is 2.08. The van der Waals surface area contributed by atoms with Crippen molar-refractivity contribution in [1.29, 1.82) is 0 Å². The number of rotatable bonds is 10. The molecule has 0 amide bonds. The van der Waals surface area contributed by atoms with Crippen LogP contribution in [0.5, 0.6) is 0 Å². The molecule has 0 aromatic carbocycles. The Labute approximate surface area is 154 Å². The Morgan fingerprint density at radius 2 is 1.59 bits per heavy atom. The Hall–Kier alpha value is -0.0400. The van der Waals surface area contributed by atoms with Crippen LogP contribution in [0.25, 0.3) is 0 Å². The van der Waals surface area contributed by atoms with Gasteiger partial charge in [-0.3, -0.25) is 4.99 Å². The van der Waals surface area contributed by atoms with Crippen LogP contribution >= 0.6 is 24.0 Å². The molecule has 0 spiro atoms. The van der Waals surface area contributed by atoms with E-state index in [-0.39, 0.29) is 24.0 Å². The fraction of sp³-hybridized carbons (Fsp3) is 0.941. The average molecular weight is 424 g/mol. The molecule has 0 atom stereocenters. The van der Waals surface area contributed by atoms with E-state index >= 15 is 0 Å². The summed E-state index contributed by atoms with van der Waals surface area (Å²) < 4.78 is 0. The van der Waals surface area contributed by atoms with Gasteiger partial charge in [-0.2, -0.15) is 0 Å². The highest BCUT2D eigenvalue weighted by molar-refractivity contribution is 14.0. The van der Waals surface area contributed by atoms with Gasteiger partial charge < -0.3 is 15.5 Å². The van der Waals surface area contributed by atoms with Gasteiger partial charge in [-0.05, 0) is 57.7 Å². The van der Waals surface area contributed by atoms with E-state index in [9.17, 15) is 0 Å². The molecule has 1 saturated heterocycles. The number of aliphatic imine (C=N–C) groups is 1. The number of guanidine groups is 1. The van der Waals surface area contributed by atoms with Crippen LogP contribution in [0.1, 0.15) is 58.8 Å². The molecule has 0 radical (unpaired) electrons. The largest absolute Gasteiger partial charge is 0.356 e. The lowest BCUT2D eigenvalue weighted by atomic mass is 10.1. The summed E-state index contributed by atoms with van der Waals surface area (Å²) in [5, 5.41) is 6.82. The van der Waals surface area contributed by atoms with Gasteiger partial charge in [0.25, 0.3) is 0 Å². The van der Waals surface area contributed by atoms with Gasteiger partial charge in [0.15, 0.2) is 5.96 Å². The molecular weight excluding hydrogens is 387 g/mol. The van der Waals surface area contributed by atoms with Gasteiger partial charge in [-0.15, -0.1) is 24.0 Å². The lowest BCUT2D eigenvalue weighted by molar-refractivity contribution is 0.330. The van der Waals surface area contributed by atoms with Crippen LogP contribution in [-0.2, 0) is 0 Å². The van der Waals surface area contributed by atoms with Crippen LogP contribution < -0.4 is 10.6 Å². The van der Waals surface area contributed by atoms with Crippen LogP contribution in [0.15, 0.2) is 4.99 Å². The molecule has 0 unspecified atom stereocenters. The summed E-state index contributed by atoms with van der Waals surface area (Å²) in [6.45, 7) is 10.5. The molecule has 1 rings (SSSR count). The maximum atomic E-state index is 4.28. The zero-order valence-corrected chi connectivity index (χ0v) is 17.2. The van der Waals surface area contributed by atoms with E-state index in [0.717, 1.165) is 25.0 Å². The third kappa shape index (κ3) is 11.5. The van der Waals surface area contributed by atoms with Crippen LogP contribution in [0.4, 0.5) is 0 Å². The van der Waals surface area contributed by atoms with Crippen molar-refractivity contribution in [1.82, 2.24) is 15.5 Å². The molecule has 4 nitrogen and oxygen atoms in total. The fourth-order valence-corrected chi connectivity index (χ4v) is 2.78. The Balaban J connectivity index is 0.00000441. The van der Waals surface area contributed by atoms with Gasteiger partial charge in [0.1, 0.15) is 0 Å². The van der Waals surface area contributed by atoms with Crippen molar-refractivity contribution in [2.24, 2.45) is 10.9 Å². The first-order valence-corrected chi connectivity index (χ1v) is 8.89. The molecule has 0 bridgehead atoms. The SMILES string of the molecule is CN=C(NCCCCC(C)C)NCCCCN1CCCC1.I. The molecular formula is C17H37IN4. The lowest BCUT2D eigenvalue weighted by Gasteiger charge is -2.15. The van der Waals surface area contributed by atoms with Crippen molar-refractivity contribution in [3.05, 3.63) is 0 Å². The second kappa shape index (κ2) is 14.5. The van der Waals surface area contributed by atoms with Crippen molar-refractivity contribution >= 4 is 29.9 Å². The summed E-state index contributed by atoms with van der Waals surface area (Å²) in [6.07, 6.45) is 9.16. The Morgan fingerprint density at radius 1 is 1.00 bits per heavy atom. The molecule has 0 aromatic heterocycles. The van der Waals surface area contributed by atoms with Crippen molar-refractivity contribution in [2.45, 2.75) is 58.8 Å². The number of hydrogen-bond donors (Lipinski definition) is 2. The van der Waals surface area contributed by atoms with E-state index in [4.69, 9.17) is 0 Å². The maximum Gasteiger partial charge on any atom is 0.190 e. The van der Waals surface area contributed by atoms with E-state index < -0.39 is 0 Å². The zero-order valence-electron chi connectivity index (χ0n) is 14.9. The van der Waals surface area contributed by atoms with Gasteiger partial charge >= 0.3 is 0 Å². The number of likely N-dealkylation sites (tertiary alicyclic amines) is 1. The van der Waals surface area contributed by atoms with Crippen LogP contribution in [0.3, 0.4) is 0 Å². The number of hydrogen-bond acceptors (Lipinski definition) is 2. The van der Waals surface area contributed by atoms with Gasteiger partial charge in [0.05, 0.1) is 0 Å². The average Bonchev–Trinajstić information content (AvgIpc) is 2.97. The number of halogens is 1. The van der Waals surface area contributed by atoms with Crippen LogP contribution in [0, 0.1) is 5.92 Å². The summed E-state index contributed by atoms with van der Waals surface area (Å²) >= 11 is 0. The summed E-state index contributed by atoms with van der Waals surface area (Å²) in [5.74, 6) is 1.78. The zero-order chi connectivity index (χ0) is 15.3. The molecule has 1 fully saturated rings. The molecule has 1 aliphatic heterocycles. The highest BCUT2D eigenvalue weighted by Gasteiger charge is 2.09. The third-order valence-electron chi connectivity index (χ3n) is 4.12. The van der Waals surface area contributed by atoms with E-state index in [0.29, 0.717) is 0 Å². The number of nitrogens with one attached hydrogen (secondary N) is 2. The third-order valence-corrected chi connectivity index (χ3v) is 4.12. The first-order chi connectivity index (χ1) is 10.2. The Morgan fingerprint density at radius 3 is 2.14 bits per heavy atom. The molecule has 5 heteroatoms. The van der Waals surface area contributed by atoms with Crippen LogP contribution in [-0.4, -0.2) is 50.6 Å². The number of unbranched alkanes of at least 4 members (excludes halogenated alkanes) is 2. The standard InChI is InChI=1S/C17H36N4.HI/c1-16(2)10-4-5-11-19-17(18-3)20-12-6-7-13-21-14-8-9-15-21;/h16H,4-15H2,1-3H3,(H2,18,19,20);1H. The molecule has 132 valence electrons. The van der Waals surface area contributed by atoms with Crippen molar-refractivity contribution < 1.29 is 0 Å². The minimum Gasteiger partial charge on any atom is -0.356 e. The summed E-state index contributed by atoms with van der Waals surface area (Å²) in [6, 6.07) is 0. The fourth-order valence-electron chi connectivity index (χ4n) is 2.78. The molecule has 0 aliphatic carbocycles. The monoisotopic (exact) mass is 424 g/mol. The first-order valence-electron chi connectivity index (χ1n) is 8.89. The normalized spacial score (nSPS) is 15.9. The van der Waals surface area contributed by atoms with Gasteiger partial charge in [-0.25, -0.2) is 0 Å². The van der Waals surface area contributed by atoms with Gasteiger partial charge in [0.2, 0.25) is 0 Å². The molecule has 22 heavy (non-hydrogen) atoms. The predicted octanol–water partition coefficient (Wildman–Crippen LogP) is 3.47. The Bertz CT molecular complexity index is 276. The number of nitrogens with zero attached hydrogens (tertiary/aromatic N) is 2. The van der Waals surface area contributed by atoms with Crippen LogP contribution in [0.2, 0.25) is 0 Å². The van der Waals surface area contributed by atoms with Crippen molar-refractivity contribution in [3.63, 3.8) is 0 Å². The highest BCUT2D eigenvalue weighted by atomic mass is 127. The minimum atomic E-state index is 0. The quantitative estimate of drug-likeness (QED) is 0.244. The van der Waals surface area contributed by atoms with E-state index in [1.54, 1.807) is 0 Å². The van der Waals surface area contributed by atoms with E-state index in [1.165, 1.54) is 64.6 Å². The second-order valence-corrected chi connectivity index (χ2v) is 6.57. The molecule has 1 heterocycles. The van der Waals surface area contributed by atoms with E-state index in [1.807, 2.05) is 7.05 Å². The van der Waals surface area contributed by atoms with Crippen molar-refractivity contribution in [2.75, 3.05) is 39.8 Å². The van der Waals surface area contributed by atoms with Crippen molar-refractivity contribution in [3.8, 4) is 0 Å². The maximum absolute atomic E-state index is 4.28. The molecule has 0 saturated carbocycles. The van der Waals surface area contributed by atoms with E-state index in [2.05, 4.69) is 34.4 Å². The van der Waals surface area contributed by atoms with Gasteiger partial charge in [0, 0.05) is 20.1 Å². The topological polar surface area (TPSA) is 39.7 Å². The summed E-state index contributed by atoms with van der Waals surface area (Å²) in [5.41, 5.74) is 0. The molecule has 1 aliphatic rings. The molecule has 2 N–H and O–H groups in total. The first kappa shape index (κ1) is 22.0.